The number of carbonyl (C=O) groups is 3. The summed E-state index contributed by atoms with van der Waals surface area (Å²) < 4.78 is 34.0. The normalized spacial score (nSPS) is 11.9. The minimum atomic E-state index is -0.696. The summed E-state index contributed by atoms with van der Waals surface area (Å²) in [6, 6.07) is 7.82. The second kappa shape index (κ2) is 10.1. The highest BCUT2D eigenvalue weighted by Crippen LogP contribution is 2.36. The summed E-state index contributed by atoms with van der Waals surface area (Å²) in [6.07, 6.45) is 0. The Morgan fingerprint density at radius 2 is 1.81 bits per heavy atom. The van der Waals surface area contributed by atoms with Crippen LogP contribution in [0.4, 0.5) is 14.6 Å². The number of hydrogen-bond acceptors (Lipinski definition) is 6. The number of rotatable bonds is 7. The fraction of sp³-hybridized carbons (Fsp3) is 0.208. The highest BCUT2D eigenvalue weighted by molar-refractivity contribution is 7.13. The largest absolute Gasteiger partial charge is 0.352 e. The molecule has 0 radical (unpaired) electrons. The van der Waals surface area contributed by atoms with Gasteiger partial charge in [0.2, 0.25) is 5.82 Å². The van der Waals surface area contributed by atoms with Crippen LogP contribution in [-0.2, 0) is 11.3 Å². The Bertz CT molecular complexity index is 1520. The van der Waals surface area contributed by atoms with E-state index in [9.17, 15) is 23.2 Å². The molecule has 2 amide bonds. The van der Waals surface area contributed by atoms with Gasteiger partial charge in [-0.3, -0.25) is 14.4 Å². The zero-order valence-corrected chi connectivity index (χ0v) is 20.9. The molecule has 0 aliphatic heterocycles. The molecule has 0 unspecified atom stereocenters. The van der Waals surface area contributed by atoms with Crippen LogP contribution in [0, 0.1) is 11.6 Å². The van der Waals surface area contributed by atoms with Crippen LogP contribution >= 0.6 is 23.1 Å². The minimum Gasteiger partial charge on any atom is -0.352 e. The number of hydrogen-bond donors (Lipinski definition) is 2. The molecule has 0 spiro atoms. The number of nitrogens with zero attached hydrogens (tertiary/aromatic N) is 3. The predicted octanol–water partition coefficient (Wildman–Crippen LogP) is 4.78. The van der Waals surface area contributed by atoms with E-state index in [0.717, 1.165) is 11.5 Å². The average Bonchev–Trinajstić information content (AvgIpc) is 3.40. The maximum atomic E-state index is 14.1. The molecule has 186 valence electrons. The molecule has 1 atom stereocenters. The van der Waals surface area contributed by atoms with Crippen LogP contribution in [0.2, 0.25) is 5.02 Å². The van der Waals surface area contributed by atoms with E-state index in [1.54, 1.807) is 6.92 Å². The summed E-state index contributed by atoms with van der Waals surface area (Å²) in [4.78, 5) is 42.3. The number of fused-ring (bicyclic) bond motifs is 1. The van der Waals surface area contributed by atoms with E-state index in [-0.39, 0.29) is 40.4 Å². The van der Waals surface area contributed by atoms with Crippen LogP contribution < -0.4 is 10.6 Å². The van der Waals surface area contributed by atoms with Crippen molar-refractivity contribution < 1.29 is 23.2 Å². The topological polar surface area (TPSA) is 106 Å². The number of carbonyl (C=O) groups excluding carboxylic acids is 3. The van der Waals surface area contributed by atoms with Gasteiger partial charge < -0.3 is 15.2 Å². The summed E-state index contributed by atoms with van der Waals surface area (Å²) in [5.74, 6) is -3.50. The molecule has 0 aliphatic rings. The number of anilines is 1. The smallest absolute Gasteiger partial charge is 0.287 e. The Kier molecular flexibility index (Phi) is 7.14. The van der Waals surface area contributed by atoms with E-state index in [1.807, 2.05) is 0 Å². The van der Waals surface area contributed by atoms with Crippen LogP contribution in [0.15, 0.2) is 36.4 Å². The summed E-state index contributed by atoms with van der Waals surface area (Å²) in [6.45, 7) is 2.79. The van der Waals surface area contributed by atoms with Gasteiger partial charge in [0.05, 0.1) is 16.9 Å². The number of benzene rings is 2. The fourth-order valence-corrected chi connectivity index (χ4v) is 4.93. The van der Waals surface area contributed by atoms with Crippen LogP contribution in [0.1, 0.15) is 52.1 Å². The summed E-state index contributed by atoms with van der Waals surface area (Å²) in [5.41, 5.74) is 0.594. The first kappa shape index (κ1) is 25.4. The number of aromatic nitrogens is 3. The van der Waals surface area contributed by atoms with Crippen LogP contribution in [0.25, 0.3) is 10.1 Å². The van der Waals surface area contributed by atoms with E-state index in [1.165, 1.54) is 54.9 Å². The number of amides is 2. The lowest BCUT2D eigenvalue weighted by atomic mass is 9.96. The highest BCUT2D eigenvalue weighted by atomic mass is 35.5. The molecule has 2 aromatic carbocycles. The monoisotopic (exact) mass is 531 g/mol. The van der Waals surface area contributed by atoms with Gasteiger partial charge in [0.1, 0.15) is 23.1 Å². The molecule has 12 heteroatoms. The Labute approximate surface area is 213 Å². The lowest BCUT2D eigenvalue weighted by Crippen LogP contribution is -2.25. The van der Waals surface area contributed by atoms with E-state index in [4.69, 9.17) is 11.6 Å². The lowest BCUT2D eigenvalue weighted by Gasteiger charge is -2.19. The molecule has 4 rings (SSSR count). The van der Waals surface area contributed by atoms with E-state index < -0.39 is 29.4 Å². The summed E-state index contributed by atoms with van der Waals surface area (Å²) >= 11 is 7.37. The molecule has 0 bridgehead atoms. The van der Waals surface area contributed by atoms with Crippen molar-refractivity contribution in [1.82, 2.24) is 19.2 Å². The summed E-state index contributed by atoms with van der Waals surface area (Å²) in [5, 5.41) is 5.67. The van der Waals surface area contributed by atoms with Crippen LogP contribution in [0.3, 0.4) is 0 Å². The molecular weight excluding hydrogens is 512 g/mol. The zero-order valence-electron chi connectivity index (χ0n) is 19.4. The first-order chi connectivity index (χ1) is 17.1. The Morgan fingerprint density at radius 1 is 1.11 bits per heavy atom. The highest BCUT2D eigenvalue weighted by Gasteiger charge is 2.29. The number of nitrogens with one attached hydrogen (secondary N) is 2. The fourth-order valence-electron chi connectivity index (χ4n) is 3.90. The van der Waals surface area contributed by atoms with Crippen molar-refractivity contribution in [3.05, 3.63) is 75.8 Å². The quantitative estimate of drug-likeness (QED) is 0.357. The van der Waals surface area contributed by atoms with Crippen molar-refractivity contribution in [2.75, 3.05) is 12.4 Å². The van der Waals surface area contributed by atoms with Gasteiger partial charge in [-0.05, 0) is 60.4 Å². The molecular formula is C24H20ClF2N5O3S. The second-order valence-electron chi connectivity index (χ2n) is 8.05. The van der Waals surface area contributed by atoms with E-state index in [2.05, 4.69) is 20.0 Å². The van der Waals surface area contributed by atoms with Gasteiger partial charge in [0.15, 0.2) is 5.82 Å². The van der Waals surface area contributed by atoms with Gasteiger partial charge in [-0.1, -0.05) is 18.5 Å². The molecule has 36 heavy (non-hydrogen) atoms. The Hall–Kier alpha value is -3.70. The Balaban J connectivity index is 1.87. The Morgan fingerprint density at radius 3 is 2.50 bits per heavy atom. The van der Waals surface area contributed by atoms with Gasteiger partial charge in [-0.15, -0.1) is 0 Å². The zero-order chi connectivity index (χ0) is 26.1. The van der Waals surface area contributed by atoms with Crippen molar-refractivity contribution >= 4 is 56.6 Å². The molecule has 2 heterocycles. The lowest BCUT2D eigenvalue weighted by molar-refractivity contribution is -0.117. The van der Waals surface area contributed by atoms with Gasteiger partial charge in [-0.25, -0.2) is 13.8 Å². The second-order valence-corrected chi connectivity index (χ2v) is 9.26. The number of ketones is 1. The third-order valence-corrected chi connectivity index (χ3v) is 6.70. The number of Topliss-reactive ketones (excluding diaryl/α,β-unsaturated/α-hetero) is 1. The van der Waals surface area contributed by atoms with Crippen molar-refractivity contribution in [2.45, 2.75) is 26.3 Å². The van der Waals surface area contributed by atoms with Crippen molar-refractivity contribution in [3.63, 3.8) is 0 Å². The van der Waals surface area contributed by atoms with Crippen molar-refractivity contribution in [1.29, 1.82) is 0 Å². The van der Waals surface area contributed by atoms with Crippen LogP contribution in [0.5, 0.6) is 0 Å². The van der Waals surface area contributed by atoms with Gasteiger partial charge in [0.25, 0.3) is 11.8 Å². The average molecular weight is 532 g/mol. The van der Waals surface area contributed by atoms with Gasteiger partial charge >= 0.3 is 0 Å². The standard InChI is InChI=1S/C24H20ClF2N5O3S/c1-11(33)10-32-20(12(2)15-8-13(26)4-6-17(15)25)21(29-22(32)24(35)28-3)30-23(34)19-16-9-14(27)5-7-18(16)36-31-19/h4-9,12H,10H2,1-3H3,(H,28,35)(H,30,34)/t12-/m1/s1. The summed E-state index contributed by atoms with van der Waals surface area (Å²) in [7, 11) is 1.40. The van der Waals surface area contributed by atoms with Crippen molar-refractivity contribution in [2.24, 2.45) is 0 Å². The molecule has 2 N–H and O–H groups in total. The molecule has 8 nitrogen and oxygen atoms in total. The van der Waals surface area contributed by atoms with E-state index >= 15 is 0 Å². The molecule has 2 aromatic heterocycles. The molecule has 0 fully saturated rings. The number of halogens is 3. The third-order valence-electron chi connectivity index (χ3n) is 5.53. The SMILES string of the molecule is CNC(=O)c1nc(NC(=O)c2nsc3ccc(F)cc23)c([C@H](C)c2cc(F)ccc2Cl)n1CC(C)=O. The first-order valence-corrected chi connectivity index (χ1v) is 11.9. The molecule has 0 saturated heterocycles. The van der Waals surface area contributed by atoms with E-state index in [0.29, 0.717) is 15.6 Å². The maximum Gasteiger partial charge on any atom is 0.287 e. The van der Waals surface area contributed by atoms with Crippen LogP contribution in [-0.4, -0.2) is 38.6 Å². The van der Waals surface area contributed by atoms with Crippen molar-refractivity contribution in [3.8, 4) is 0 Å². The molecule has 0 saturated carbocycles. The molecule has 0 aliphatic carbocycles. The predicted molar refractivity (Wildman–Crippen MR) is 133 cm³/mol. The first-order valence-electron chi connectivity index (χ1n) is 10.7. The number of imidazole rings is 1. The van der Waals surface area contributed by atoms with Gasteiger partial charge in [0, 0.05) is 23.4 Å². The maximum absolute atomic E-state index is 14.1. The third kappa shape index (κ3) is 4.84. The minimum absolute atomic E-state index is 0.0282. The molecule has 4 aromatic rings. The van der Waals surface area contributed by atoms with Gasteiger partial charge in [-0.2, -0.15) is 4.37 Å².